The van der Waals surface area contributed by atoms with Crippen LogP contribution in [-0.4, -0.2) is 6.10 Å². The molecule has 1 saturated heterocycles. The molecule has 0 aromatic heterocycles. The largest absolute Gasteiger partial charge is 0.365 e. The van der Waals surface area contributed by atoms with E-state index in [-0.39, 0.29) is 11.7 Å². The van der Waals surface area contributed by atoms with Gasteiger partial charge in [0.05, 0.1) is 6.10 Å². The minimum Gasteiger partial charge on any atom is -0.365 e. The Bertz CT molecular complexity index is 351. The van der Waals surface area contributed by atoms with Gasteiger partial charge in [0, 0.05) is 11.6 Å². The molecule has 0 aliphatic carbocycles. The lowest BCUT2D eigenvalue weighted by molar-refractivity contribution is 0.376. The van der Waals surface area contributed by atoms with Crippen LogP contribution in [0.4, 0.5) is 13.2 Å². The first kappa shape index (κ1) is 8.56. The third kappa shape index (κ3) is 1.42. The summed E-state index contributed by atoms with van der Waals surface area (Å²) in [6.07, 6.45) is -0.533. The maximum absolute atomic E-state index is 13.0. The summed E-state index contributed by atoms with van der Waals surface area (Å²) in [6, 6.07) is 1.39. The lowest BCUT2D eigenvalue weighted by Gasteiger charge is -1.99. The second-order valence-electron chi connectivity index (χ2n) is 3.05. The summed E-state index contributed by atoms with van der Waals surface area (Å²) < 4.78 is 43.1. The van der Waals surface area contributed by atoms with Crippen molar-refractivity contribution in [3.8, 4) is 0 Å². The van der Waals surface area contributed by atoms with Crippen LogP contribution in [0.3, 0.4) is 0 Å². The third-order valence-electron chi connectivity index (χ3n) is 2.06. The molecule has 0 saturated carbocycles. The van der Waals surface area contributed by atoms with Gasteiger partial charge in [-0.1, -0.05) is 0 Å². The van der Waals surface area contributed by atoms with Crippen LogP contribution < -0.4 is 0 Å². The van der Waals surface area contributed by atoms with Crippen LogP contribution in [0.1, 0.15) is 18.6 Å². The Morgan fingerprint density at radius 3 is 2.15 bits per heavy atom. The topological polar surface area (TPSA) is 12.5 Å². The van der Waals surface area contributed by atoms with Gasteiger partial charge >= 0.3 is 0 Å². The highest BCUT2D eigenvalue weighted by Gasteiger charge is 2.38. The summed E-state index contributed by atoms with van der Waals surface area (Å²) in [4.78, 5) is 0. The minimum atomic E-state index is -1.17. The van der Waals surface area contributed by atoms with Crippen LogP contribution in [0.25, 0.3) is 0 Å². The molecule has 1 heterocycles. The van der Waals surface area contributed by atoms with Gasteiger partial charge in [0.1, 0.15) is 11.9 Å². The molecule has 1 aromatic rings. The Balaban J connectivity index is 2.41. The van der Waals surface area contributed by atoms with E-state index < -0.39 is 23.6 Å². The van der Waals surface area contributed by atoms with Gasteiger partial charge in [-0.05, 0) is 13.0 Å². The first-order chi connectivity index (χ1) is 6.09. The zero-order chi connectivity index (χ0) is 9.59. The first-order valence-electron chi connectivity index (χ1n) is 3.89. The monoisotopic (exact) mass is 188 g/mol. The second kappa shape index (κ2) is 2.73. The molecule has 0 spiro atoms. The van der Waals surface area contributed by atoms with Crippen molar-refractivity contribution in [3.05, 3.63) is 35.1 Å². The summed E-state index contributed by atoms with van der Waals surface area (Å²) in [5.74, 6) is -2.97. The molecule has 2 rings (SSSR count). The molecule has 1 unspecified atom stereocenters. The van der Waals surface area contributed by atoms with Crippen molar-refractivity contribution >= 4 is 0 Å². The highest BCUT2D eigenvalue weighted by Crippen LogP contribution is 2.39. The molecule has 0 amide bonds. The van der Waals surface area contributed by atoms with Gasteiger partial charge in [0.15, 0.2) is 11.6 Å². The van der Waals surface area contributed by atoms with Crippen molar-refractivity contribution in [1.82, 2.24) is 0 Å². The Kier molecular flexibility index (Phi) is 1.80. The standard InChI is InChI=1S/C9H7F3O/c1-4-9(13-4)5-2-7(11)8(12)3-6(5)10/h2-4,9H,1H3/t4?,9-/m1/s1. The van der Waals surface area contributed by atoms with Crippen molar-refractivity contribution in [2.45, 2.75) is 19.1 Å². The van der Waals surface area contributed by atoms with Gasteiger partial charge in [-0.2, -0.15) is 0 Å². The number of ether oxygens (including phenoxy) is 1. The number of rotatable bonds is 1. The lowest BCUT2D eigenvalue weighted by atomic mass is 10.1. The predicted octanol–water partition coefficient (Wildman–Crippen LogP) is 2.56. The smallest absolute Gasteiger partial charge is 0.161 e. The van der Waals surface area contributed by atoms with E-state index in [0.717, 1.165) is 6.07 Å². The molecule has 0 N–H and O–H groups in total. The van der Waals surface area contributed by atoms with E-state index in [0.29, 0.717) is 6.07 Å². The number of hydrogen-bond donors (Lipinski definition) is 0. The maximum atomic E-state index is 13.0. The Morgan fingerprint density at radius 1 is 1.08 bits per heavy atom. The number of halogens is 3. The zero-order valence-electron chi connectivity index (χ0n) is 6.85. The fourth-order valence-electron chi connectivity index (χ4n) is 1.27. The molecule has 4 heteroatoms. The molecule has 2 atom stereocenters. The van der Waals surface area contributed by atoms with Crippen molar-refractivity contribution in [1.29, 1.82) is 0 Å². The fourth-order valence-corrected chi connectivity index (χ4v) is 1.27. The number of hydrogen-bond acceptors (Lipinski definition) is 1. The van der Waals surface area contributed by atoms with Gasteiger partial charge in [-0.3, -0.25) is 0 Å². The molecule has 1 aliphatic rings. The SMILES string of the molecule is CC1O[C@H]1c1cc(F)c(F)cc1F. The predicted molar refractivity (Wildman–Crippen MR) is 39.6 cm³/mol. The van der Waals surface area contributed by atoms with E-state index in [2.05, 4.69) is 0 Å². The Labute approximate surface area is 73.1 Å². The molecular formula is C9H7F3O. The number of benzene rings is 1. The summed E-state index contributed by atoms with van der Waals surface area (Å²) >= 11 is 0. The van der Waals surface area contributed by atoms with Crippen molar-refractivity contribution in [2.24, 2.45) is 0 Å². The van der Waals surface area contributed by atoms with Crippen LogP contribution in [0.5, 0.6) is 0 Å². The quantitative estimate of drug-likeness (QED) is 0.487. The van der Waals surface area contributed by atoms with E-state index >= 15 is 0 Å². The normalized spacial score (nSPS) is 26.2. The van der Waals surface area contributed by atoms with Gasteiger partial charge < -0.3 is 4.74 Å². The summed E-state index contributed by atoms with van der Waals surface area (Å²) in [6.45, 7) is 1.74. The van der Waals surface area contributed by atoms with E-state index in [4.69, 9.17) is 4.74 Å². The fraction of sp³-hybridized carbons (Fsp3) is 0.333. The molecule has 70 valence electrons. The van der Waals surface area contributed by atoms with E-state index in [9.17, 15) is 13.2 Å². The first-order valence-corrected chi connectivity index (χ1v) is 3.89. The maximum Gasteiger partial charge on any atom is 0.161 e. The molecule has 13 heavy (non-hydrogen) atoms. The van der Waals surface area contributed by atoms with E-state index in [1.807, 2.05) is 0 Å². The van der Waals surface area contributed by atoms with Crippen LogP contribution >= 0.6 is 0 Å². The molecule has 1 aliphatic heterocycles. The summed E-state index contributed by atoms with van der Waals surface area (Å²) in [5.41, 5.74) is 0.0893. The molecular weight excluding hydrogens is 181 g/mol. The van der Waals surface area contributed by atoms with Crippen LogP contribution in [0, 0.1) is 17.5 Å². The van der Waals surface area contributed by atoms with Crippen LogP contribution in [0.15, 0.2) is 12.1 Å². The van der Waals surface area contributed by atoms with Crippen LogP contribution in [0.2, 0.25) is 0 Å². The van der Waals surface area contributed by atoms with Gasteiger partial charge in [-0.15, -0.1) is 0 Å². The van der Waals surface area contributed by atoms with Gasteiger partial charge in [-0.25, -0.2) is 13.2 Å². The Hall–Kier alpha value is -1.03. The van der Waals surface area contributed by atoms with E-state index in [1.165, 1.54) is 0 Å². The number of epoxide rings is 1. The molecule has 1 fully saturated rings. The molecule has 0 radical (unpaired) electrons. The summed E-state index contributed by atoms with van der Waals surface area (Å²) in [5, 5.41) is 0. The Morgan fingerprint density at radius 2 is 1.62 bits per heavy atom. The molecule has 1 aromatic carbocycles. The van der Waals surface area contributed by atoms with E-state index in [1.54, 1.807) is 6.92 Å². The minimum absolute atomic E-state index is 0.0893. The highest BCUT2D eigenvalue weighted by atomic mass is 19.2. The average molecular weight is 188 g/mol. The highest BCUT2D eigenvalue weighted by molar-refractivity contribution is 5.25. The average Bonchev–Trinajstić information content (AvgIpc) is 2.75. The lowest BCUT2D eigenvalue weighted by Crippen LogP contribution is -1.95. The van der Waals surface area contributed by atoms with Gasteiger partial charge in [0.2, 0.25) is 0 Å². The third-order valence-corrected chi connectivity index (χ3v) is 2.06. The van der Waals surface area contributed by atoms with Gasteiger partial charge in [0.25, 0.3) is 0 Å². The molecule has 1 nitrogen and oxygen atoms in total. The zero-order valence-corrected chi connectivity index (χ0v) is 6.85. The van der Waals surface area contributed by atoms with Crippen LogP contribution in [-0.2, 0) is 4.74 Å². The van der Waals surface area contributed by atoms with Crippen molar-refractivity contribution < 1.29 is 17.9 Å². The second-order valence-corrected chi connectivity index (χ2v) is 3.05. The van der Waals surface area contributed by atoms with Crippen molar-refractivity contribution in [3.63, 3.8) is 0 Å². The molecule has 0 bridgehead atoms. The van der Waals surface area contributed by atoms with Crippen molar-refractivity contribution in [2.75, 3.05) is 0 Å². The summed E-state index contributed by atoms with van der Waals surface area (Å²) in [7, 11) is 0.